The first-order valence-electron chi connectivity index (χ1n) is 7.51. The van der Waals surface area contributed by atoms with Crippen molar-refractivity contribution >= 4 is 21.9 Å². The Labute approximate surface area is 145 Å². The van der Waals surface area contributed by atoms with Gasteiger partial charge in [-0.05, 0) is 30.3 Å². The summed E-state index contributed by atoms with van der Waals surface area (Å²) in [6.07, 6.45) is 2.66. The molecule has 0 atom stereocenters. The molecule has 0 aliphatic carbocycles. The van der Waals surface area contributed by atoms with Gasteiger partial charge in [-0.3, -0.25) is 9.98 Å². The number of aromatic nitrogens is 1. The molecule has 0 aliphatic heterocycles. The van der Waals surface area contributed by atoms with Gasteiger partial charge in [0.05, 0.1) is 6.54 Å². The molecule has 0 radical (unpaired) electrons. The second-order valence-electron chi connectivity index (χ2n) is 4.80. The highest BCUT2D eigenvalue weighted by Gasteiger charge is 1.99. The fourth-order valence-corrected chi connectivity index (χ4v) is 2.35. The van der Waals surface area contributed by atoms with Crippen LogP contribution in [0.5, 0.6) is 5.75 Å². The third kappa shape index (κ3) is 6.69. The van der Waals surface area contributed by atoms with Crippen molar-refractivity contribution < 1.29 is 4.74 Å². The number of hydrogen-bond acceptors (Lipinski definition) is 3. The first kappa shape index (κ1) is 17.3. The van der Waals surface area contributed by atoms with Crippen molar-refractivity contribution in [3.05, 3.63) is 58.8 Å². The SMILES string of the molecule is CN=C(NCCOc1cccc(Br)c1)NCCc1ccccn1. The van der Waals surface area contributed by atoms with Crippen LogP contribution in [-0.4, -0.2) is 37.7 Å². The molecule has 23 heavy (non-hydrogen) atoms. The lowest BCUT2D eigenvalue weighted by Crippen LogP contribution is -2.40. The Balaban J connectivity index is 1.63. The number of ether oxygens (including phenoxy) is 1. The Morgan fingerprint density at radius 3 is 2.78 bits per heavy atom. The smallest absolute Gasteiger partial charge is 0.191 e. The molecule has 0 saturated carbocycles. The van der Waals surface area contributed by atoms with E-state index in [4.69, 9.17) is 4.74 Å². The first-order valence-corrected chi connectivity index (χ1v) is 8.30. The predicted octanol–water partition coefficient (Wildman–Crippen LogP) is 2.63. The molecule has 2 rings (SSSR count). The summed E-state index contributed by atoms with van der Waals surface area (Å²) in [6.45, 7) is 2.02. The van der Waals surface area contributed by atoms with Gasteiger partial charge in [-0.1, -0.05) is 28.1 Å². The molecule has 1 heterocycles. The molecular formula is C17H21BrN4O. The first-order chi connectivity index (χ1) is 11.3. The molecule has 6 heteroatoms. The minimum absolute atomic E-state index is 0.567. The summed E-state index contributed by atoms with van der Waals surface area (Å²) in [5, 5.41) is 6.48. The highest BCUT2D eigenvalue weighted by molar-refractivity contribution is 9.10. The van der Waals surface area contributed by atoms with E-state index in [1.807, 2.05) is 48.7 Å². The van der Waals surface area contributed by atoms with Crippen LogP contribution in [-0.2, 0) is 6.42 Å². The van der Waals surface area contributed by atoms with Gasteiger partial charge in [0.25, 0.3) is 0 Å². The van der Waals surface area contributed by atoms with E-state index in [0.717, 1.165) is 34.8 Å². The van der Waals surface area contributed by atoms with Gasteiger partial charge in [0.1, 0.15) is 12.4 Å². The average Bonchev–Trinajstić information content (AvgIpc) is 2.58. The van der Waals surface area contributed by atoms with Gasteiger partial charge in [-0.25, -0.2) is 0 Å². The lowest BCUT2D eigenvalue weighted by Gasteiger charge is -2.12. The predicted molar refractivity (Wildman–Crippen MR) is 96.9 cm³/mol. The third-order valence-electron chi connectivity index (χ3n) is 3.08. The van der Waals surface area contributed by atoms with E-state index in [1.54, 1.807) is 7.05 Å². The zero-order valence-electron chi connectivity index (χ0n) is 13.1. The van der Waals surface area contributed by atoms with Crippen molar-refractivity contribution in [1.82, 2.24) is 15.6 Å². The van der Waals surface area contributed by atoms with Crippen LogP contribution in [0.2, 0.25) is 0 Å². The van der Waals surface area contributed by atoms with Gasteiger partial charge in [0, 0.05) is 36.4 Å². The van der Waals surface area contributed by atoms with Crippen LogP contribution in [0.4, 0.5) is 0 Å². The van der Waals surface area contributed by atoms with Crippen LogP contribution in [0.1, 0.15) is 5.69 Å². The van der Waals surface area contributed by atoms with E-state index in [1.165, 1.54) is 0 Å². The van der Waals surface area contributed by atoms with Gasteiger partial charge in [0.15, 0.2) is 5.96 Å². The quantitative estimate of drug-likeness (QED) is 0.443. The molecule has 2 aromatic rings. The van der Waals surface area contributed by atoms with Crippen LogP contribution >= 0.6 is 15.9 Å². The number of halogens is 1. The van der Waals surface area contributed by atoms with E-state index in [0.29, 0.717) is 13.2 Å². The van der Waals surface area contributed by atoms with Crippen molar-refractivity contribution in [2.45, 2.75) is 6.42 Å². The number of benzene rings is 1. The lowest BCUT2D eigenvalue weighted by molar-refractivity contribution is 0.321. The molecule has 0 fully saturated rings. The topological polar surface area (TPSA) is 58.5 Å². The fourth-order valence-electron chi connectivity index (χ4n) is 1.97. The maximum Gasteiger partial charge on any atom is 0.191 e. The number of guanidine groups is 1. The standard InChI is InChI=1S/C17H21BrN4O/c1-19-17(21-10-8-15-6-2-3-9-20-15)22-11-12-23-16-7-4-5-14(18)13-16/h2-7,9,13H,8,10-12H2,1H3,(H2,19,21,22). The van der Waals surface area contributed by atoms with E-state index < -0.39 is 0 Å². The van der Waals surface area contributed by atoms with Crippen LogP contribution in [0.3, 0.4) is 0 Å². The molecule has 0 unspecified atom stereocenters. The van der Waals surface area contributed by atoms with E-state index >= 15 is 0 Å². The Morgan fingerprint density at radius 2 is 2.04 bits per heavy atom. The molecular weight excluding hydrogens is 356 g/mol. The minimum atomic E-state index is 0.567. The Bertz CT molecular complexity index is 619. The zero-order valence-corrected chi connectivity index (χ0v) is 14.7. The highest BCUT2D eigenvalue weighted by Crippen LogP contribution is 2.17. The monoisotopic (exact) mass is 376 g/mol. The molecule has 122 valence electrons. The second kappa shape index (κ2) is 9.84. The largest absolute Gasteiger partial charge is 0.492 e. The van der Waals surface area contributed by atoms with E-state index in [2.05, 4.69) is 36.5 Å². The Hall–Kier alpha value is -2.08. The van der Waals surface area contributed by atoms with Crippen LogP contribution in [0.25, 0.3) is 0 Å². The third-order valence-corrected chi connectivity index (χ3v) is 3.58. The maximum atomic E-state index is 5.67. The van der Waals surface area contributed by atoms with Crippen molar-refractivity contribution in [2.75, 3.05) is 26.7 Å². The minimum Gasteiger partial charge on any atom is -0.492 e. The maximum absolute atomic E-state index is 5.67. The van der Waals surface area contributed by atoms with E-state index in [-0.39, 0.29) is 0 Å². The van der Waals surface area contributed by atoms with Crippen LogP contribution in [0.15, 0.2) is 58.1 Å². The molecule has 0 bridgehead atoms. The number of rotatable bonds is 7. The van der Waals surface area contributed by atoms with Crippen LogP contribution in [0, 0.1) is 0 Å². The van der Waals surface area contributed by atoms with E-state index in [9.17, 15) is 0 Å². The summed E-state index contributed by atoms with van der Waals surface area (Å²) in [7, 11) is 1.76. The molecule has 0 amide bonds. The van der Waals surface area contributed by atoms with Crippen molar-refractivity contribution in [3.8, 4) is 5.75 Å². The number of nitrogens with zero attached hydrogens (tertiary/aromatic N) is 2. The zero-order chi connectivity index (χ0) is 16.3. The van der Waals surface area contributed by atoms with Gasteiger partial charge >= 0.3 is 0 Å². The number of pyridine rings is 1. The summed E-state index contributed by atoms with van der Waals surface area (Å²) in [5.41, 5.74) is 1.06. The Morgan fingerprint density at radius 1 is 1.17 bits per heavy atom. The van der Waals surface area contributed by atoms with Crippen molar-refractivity contribution in [1.29, 1.82) is 0 Å². The number of hydrogen-bond donors (Lipinski definition) is 2. The summed E-state index contributed by atoms with van der Waals surface area (Å²) in [5.74, 6) is 1.61. The summed E-state index contributed by atoms with van der Waals surface area (Å²) >= 11 is 3.42. The van der Waals surface area contributed by atoms with Crippen LogP contribution < -0.4 is 15.4 Å². The molecule has 1 aromatic heterocycles. The van der Waals surface area contributed by atoms with Crippen molar-refractivity contribution in [2.24, 2.45) is 4.99 Å². The lowest BCUT2D eigenvalue weighted by atomic mass is 10.3. The summed E-state index contributed by atoms with van der Waals surface area (Å²) < 4.78 is 6.68. The summed E-state index contributed by atoms with van der Waals surface area (Å²) in [4.78, 5) is 8.48. The number of nitrogens with one attached hydrogen (secondary N) is 2. The molecule has 0 saturated heterocycles. The summed E-state index contributed by atoms with van der Waals surface area (Å²) in [6, 6.07) is 13.7. The molecule has 0 aliphatic rings. The molecule has 1 aromatic carbocycles. The molecule has 0 spiro atoms. The fraction of sp³-hybridized carbons (Fsp3) is 0.294. The van der Waals surface area contributed by atoms with Gasteiger partial charge in [0.2, 0.25) is 0 Å². The molecule has 2 N–H and O–H groups in total. The van der Waals surface area contributed by atoms with Gasteiger partial charge in [-0.15, -0.1) is 0 Å². The normalized spacial score (nSPS) is 11.1. The highest BCUT2D eigenvalue weighted by atomic mass is 79.9. The van der Waals surface area contributed by atoms with Gasteiger partial charge in [-0.2, -0.15) is 0 Å². The van der Waals surface area contributed by atoms with Gasteiger partial charge < -0.3 is 15.4 Å². The average molecular weight is 377 g/mol. The Kier molecular flexibility index (Phi) is 7.39. The second-order valence-corrected chi connectivity index (χ2v) is 5.72. The number of aliphatic imine (C=N–C) groups is 1. The molecule has 5 nitrogen and oxygen atoms in total. The van der Waals surface area contributed by atoms with Crippen molar-refractivity contribution in [3.63, 3.8) is 0 Å².